The molecule has 0 aromatic heterocycles. The van der Waals surface area contributed by atoms with Crippen molar-refractivity contribution >= 4 is 23.8 Å². The highest BCUT2D eigenvalue weighted by Crippen LogP contribution is 2.04. The van der Waals surface area contributed by atoms with E-state index in [9.17, 15) is 9.59 Å². The maximum absolute atomic E-state index is 11.3. The Balaban J connectivity index is 4.17. The molecule has 15 heavy (non-hydrogen) atoms. The van der Waals surface area contributed by atoms with Gasteiger partial charge in [-0.1, -0.05) is 13.8 Å². The third-order valence-corrected chi connectivity index (χ3v) is 2.06. The molecule has 0 aromatic carbocycles. The summed E-state index contributed by atoms with van der Waals surface area (Å²) in [5.74, 6) is -0.247. The van der Waals surface area contributed by atoms with Gasteiger partial charge in [-0.3, -0.25) is 0 Å². The minimum atomic E-state index is -0.663. The highest BCUT2D eigenvalue weighted by Gasteiger charge is 2.25. The Morgan fingerprint density at radius 3 is 2.40 bits per heavy atom. The van der Waals surface area contributed by atoms with Crippen LogP contribution in [0.1, 0.15) is 13.8 Å². The van der Waals surface area contributed by atoms with E-state index in [0.29, 0.717) is 0 Å². The summed E-state index contributed by atoms with van der Waals surface area (Å²) >= 11 is 1.38. The van der Waals surface area contributed by atoms with E-state index in [0.717, 1.165) is 0 Å². The van der Waals surface area contributed by atoms with Crippen LogP contribution in [0, 0.1) is 5.92 Å². The van der Waals surface area contributed by atoms with Crippen molar-refractivity contribution in [3.8, 4) is 0 Å². The zero-order chi connectivity index (χ0) is 11.8. The fourth-order valence-corrected chi connectivity index (χ4v) is 1.13. The van der Waals surface area contributed by atoms with Gasteiger partial charge in [0.05, 0.1) is 7.11 Å². The summed E-state index contributed by atoms with van der Waals surface area (Å²) in [5, 5.41) is 2.45. The van der Waals surface area contributed by atoms with Gasteiger partial charge >= 0.3 is 12.1 Å². The van der Waals surface area contributed by atoms with Crippen LogP contribution < -0.4 is 5.32 Å². The second-order valence-corrected chi connectivity index (χ2v) is 4.04. The van der Waals surface area contributed by atoms with Crippen LogP contribution in [-0.4, -0.2) is 37.4 Å². The van der Waals surface area contributed by atoms with Crippen LogP contribution in [0.25, 0.3) is 0 Å². The number of alkyl carbamates (subject to hydrolysis) is 1. The van der Waals surface area contributed by atoms with E-state index in [4.69, 9.17) is 4.74 Å². The van der Waals surface area contributed by atoms with Crippen molar-refractivity contribution in [3.05, 3.63) is 0 Å². The quantitative estimate of drug-likeness (QED) is 0.573. The van der Waals surface area contributed by atoms with Crippen molar-refractivity contribution in [3.63, 3.8) is 0 Å². The van der Waals surface area contributed by atoms with Crippen molar-refractivity contribution in [1.29, 1.82) is 0 Å². The number of carbonyl (C=O) groups excluding carboxylic acids is 2. The molecule has 1 amide bonds. The summed E-state index contributed by atoms with van der Waals surface area (Å²) in [5.41, 5.74) is 0. The zero-order valence-corrected chi connectivity index (χ0v) is 10.2. The van der Waals surface area contributed by atoms with Gasteiger partial charge < -0.3 is 14.8 Å². The fraction of sp³-hybridized carbons (Fsp3) is 0.778. The SMILES string of the molecule is COC(=O)[C@H](NC(=O)OCSC)C(C)C. The monoisotopic (exact) mass is 235 g/mol. The smallest absolute Gasteiger partial charge is 0.408 e. The van der Waals surface area contributed by atoms with Gasteiger partial charge in [-0.2, -0.15) is 0 Å². The first-order valence-electron chi connectivity index (χ1n) is 4.53. The summed E-state index contributed by atoms with van der Waals surface area (Å²) in [7, 11) is 1.28. The molecule has 5 nitrogen and oxygen atoms in total. The largest absolute Gasteiger partial charge is 0.467 e. The van der Waals surface area contributed by atoms with Crippen LogP contribution in [0.2, 0.25) is 0 Å². The first-order chi connectivity index (χ1) is 7.02. The number of methoxy groups -OCH3 is 1. The summed E-state index contributed by atoms with van der Waals surface area (Å²) in [4.78, 5) is 22.4. The third kappa shape index (κ3) is 5.51. The van der Waals surface area contributed by atoms with Gasteiger partial charge in [-0.25, -0.2) is 9.59 Å². The molecule has 0 radical (unpaired) electrons. The van der Waals surface area contributed by atoms with E-state index in [1.165, 1.54) is 18.9 Å². The highest BCUT2D eigenvalue weighted by atomic mass is 32.2. The number of hydrogen-bond acceptors (Lipinski definition) is 5. The predicted molar refractivity (Wildman–Crippen MR) is 58.6 cm³/mol. The molecule has 0 rings (SSSR count). The standard InChI is InChI=1S/C9H17NO4S/c1-6(2)7(8(11)13-3)10-9(12)14-5-15-4/h6-7H,5H2,1-4H3,(H,10,12)/t7-/m1/s1. The molecule has 0 fully saturated rings. The number of nitrogens with one attached hydrogen (secondary N) is 1. The number of rotatable bonds is 5. The predicted octanol–water partition coefficient (Wildman–Crippen LogP) is 1.23. The molecule has 0 saturated heterocycles. The minimum absolute atomic E-state index is 0.0423. The molecule has 0 aliphatic heterocycles. The number of hydrogen-bond donors (Lipinski definition) is 1. The first-order valence-corrected chi connectivity index (χ1v) is 5.92. The molecular weight excluding hydrogens is 218 g/mol. The maximum atomic E-state index is 11.3. The Morgan fingerprint density at radius 1 is 1.40 bits per heavy atom. The Kier molecular flexibility index (Phi) is 6.94. The number of amides is 1. The van der Waals surface area contributed by atoms with Gasteiger partial charge in [-0.05, 0) is 12.2 Å². The van der Waals surface area contributed by atoms with Crippen LogP contribution in [0.3, 0.4) is 0 Å². The maximum Gasteiger partial charge on any atom is 0.408 e. The average Bonchev–Trinajstić information content (AvgIpc) is 2.21. The van der Waals surface area contributed by atoms with Gasteiger partial charge in [0, 0.05) is 0 Å². The van der Waals surface area contributed by atoms with Crippen molar-refractivity contribution in [2.45, 2.75) is 19.9 Å². The minimum Gasteiger partial charge on any atom is -0.467 e. The Morgan fingerprint density at radius 2 is 2.00 bits per heavy atom. The lowest BCUT2D eigenvalue weighted by atomic mass is 10.1. The molecule has 1 atom stereocenters. The molecular formula is C9H17NO4S. The lowest BCUT2D eigenvalue weighted by Crippen LogP contribution is -2.45. The fourth-order valence-electron chi connectivity index (χ4n) is 0.906. The third-order valence-electron chi connectivity index (χ3n) is 1.70. The summed E-state index contributed by atoms with van der Waals surface area (Å²) in [6.07, 6.45) is 1.21. The second kappa shape index (κ2) is 7.39. The Labute approximate surface area is 93.9 Å². The summed E-state index contributed by atoms with van der Waals surface area (Å²) < 4.78 is 9.34. The molecule has 0 bridgehead atoms. The average molecular weight is 235 g/mol. The van der Waals surface area contributed by atoms with Gasteiger partial charge in [-0.15, -0.1) is 11.8 Å². The molecule has 0 aromatic rings. The highest BCUT2D eigenvalue weighted by molar-refractivity contribution is 7.98. The van der Waals surface area contributed by atoms with Gasteiger partial charge in [0.1, 0.15) is 12.0 Å². The number of thioether (sulfide) groups is 1. The van der Waals surface area contributed by atoms with E-state index < -0.39 is 18.1 Å². The molecule has 0 spiro atoms. The molecule has 0 aliphatic carbocycles. The first kappa shape index (κ1) is 14.1. The van der Waals surface area contributed by atoms with E-state index >= 15 is 0 Å². The van der Waals surface area contributed by atoms with Crippen LogP contribution in [0.15, 0.2) is 0 Å². The van der Waals surface area contributed by atoms with Crippen LogP contribution in [0.4, 0.5) is 4.79 Å². The van der Waals surface area contributed by atoms with Crippen molar-refractivity contribution < 1.29 is 19.1 Å². The molecule has 0 unspecified atom stereocenters. The zero-order valence-electron chi connectivity index (χ0n) is 9.40. The van der Waals surface area contributed by atoms with Crippen molar-refractivity contribution in [1.82, 2.24) is 5.32 Å². The summed E-state index contributed by atoms with van der Waals surface area (Å²) in [6.45, 7) is 3.63. The molecule has 0 saturated carbocycles. The van der Waals surface area contributed by atoms with E-state index in [-0.39, 0.29) is 11.9 Å². The second-order valence-electron chi connectivity index (χ2n) is 3.23. The number of esters is 1. The molecule has 6 heteroatoms. The van der Waals surface area contributed by atoms with Crippen LogP contribution in [0.5, 0.6) is 0 Å². The topological polar surface area (TPSA) is 64.6 Å². The van der Waals surface area contributed by atoms with Crippen molar-refractivity contribution in [2.24, 2.45) is 5.92 Å². The van der Waals surface area contributed by atoms with Gasteiger partial charge in [0.2, 0.25) is 0 Å². The van der Waals surface area contributed by atoms with E-state index in [1.54, 1.807) is 0 Å². The molecule has 88 valence electrons. The lowest BCUT2D eigenvalue weighted by molar-refractivity contribution is -0.144. The molecule has 0 heterocycles. The van der Waals surface area contributed by atoms with Crippen LogP contribution in [-0.2, 0) is 14.3 Å². The van der Waals surface area contributed by atoms with Crippen LogP contribution >= 0.6 is 11.8 Å². The number of ether oxygens (including phenoxy) is 2. The Bertz CT molecular complexity index is 220. The molecule has 0 aliphatic rings. The van der Waals surface area contributed by atoms with Gasteiger partial charge in [0.25, 0.3) is 0 Å². The van der Waals surface area contributed by atoms with E-state index in [1.807, 2.05) is 20.1 Å². The number of carbonyl (C=O) groups is 2. The normalized spacial score (nSPS) is 12.1. The van der Waals surface area contributed by atoms with Crippen molar-refractivity contribution in [2.75, 3.05) is 19.3 Å². The Hall–Kier alpha value is -0.910. The lowest BCUT2D eigenvalue weighted by Gasteiger charge is -2.19. The van der Waals surface area contributed by atoms with Gasteiger partial charge in [0.15, 0.2) is 0 Å². The van der Waals surface area contributed by atoms with E-state index in [2.05, 4.69) is 10.1 Å². The molecule has 1 N–H and O–H groups in total. The summed E-state index contributed by atoms with van der Waals surface area (Å²) in [6, 6.07) is -0.663.